The number of benzene rings is 2. The molecule has 3 rings (SSSR count). The zero-order chi connectivity index (χ0) is 16.4. The minimum absolute atomic E-state index is 0.00737. The van der Waals surface area contributed by atoms with E-state index >= 15 is 0 Å². The quantitative estimate of drug-likeness (QED) is 0.541. The molecule has 116 valence electrons. The second-order valence-corrected chi connectivity index (χ2v) is 5.06. The van der Waals surface area contributed by atoms with E-state index in [0.29, 0.717) is 5.56 Å². The smallest absolute Gasteiger partial charge is 0.258 e. The molecule has 0 saturated heterocycles. The highest BCUT2D eigenvalue weighted by Crippen LogP contribution is 2.22. The van der Waals surface area contributed by atoms with Crippen molar-refractivity contribution < 1.29 is 9.31 Å². The van der Waals surface area contributed by atoms with Gasteiger partial charge in [-0.1, -0.05) is 29.8 Å². The monoisotopic (exact) mass is 333 g/mol. The summed E-state index contributed by atoms with van der Waals surface area (Å²) in [5, 5.41) is 22.8. The molecule has 0 aliphatic carbocycles. The van der Waals surface area contributed by atoms with Gasteiger partial charge in [0.05, 0.1) is 11.5 Å². The second-order valence-electron chi connectivity index (χ2n) is 4.65. The largest absolute Gasteiger partial charge is 0.270 e. The van der Waals surface area contributed by atoms with Crippen LogP contribution in [0.15, 0.2) is 42.5 Å². The molecule has 23 heavy (non-hydrogen) atoms. The van der Waals surface area contributed by atoms with Crippen LogP contribution < -0.4 is 0 Å². The van der Waals surface area contributed by atoms with E-state index in [0.717, 1.165) is 0 Å². The van der Waals surface area contributed by atoms with Gasteiger partial charge in [0.15, 0.2) is 0 Å². The maximum absolute atomic E-state index is 13.8. The van der Waals surface area contributed by atoms with Crippen molar-refractivity contribution in [2.75, 3.05) is 0 Å². The third-order valence-electron chi connectivity index (χ3n) is 3.13. The molecule has 0 aliphatic rings. The van der Waals surface area contributed by atoms with E-state index in [1.807, 2.05) is 0 Å². The number of aromatic nitrogens is 4. The van der Waals surface area contributed by atoms with E-state index in [4.69, 9.17) is 11.6 Å². The molecule has 0 amide bonds. The van der Waals surface area contributed by atoms with Crippen LogP contribution >= 0.6 is 11.6 Å². The van der Waals surface area contributed by atoms with Crippen molar-refractivity contribution in [3.63, 3.8) is 0 Å². The topological polar surface area (TPSA) is 86.7 Å². The van der Waals surface area contributed by atoms with Crippen molar-refractivity contribution >= 4 is 17.3 Å². The Balaban J connectivity index is 1.89. The number of halogens is 2. The lowest BCUT2D eigenvalue weighted by Gasteiger charge is -2.03. The molecule has 0 radical (unpaired) electrons. The second kappa shape index (κ2) is 6.09. The molecule has 0 spiro atoms. The van der Waals surface area contributed by atoms with E-state index < -0.39 is 10.7 Å². The third kappa shape index (κ3) is 3.16. The lowest BCUT2D eigenvalue weighted by molar-refractivity contribution is -0.384. The first kappa shape index (κ1) is 15.0. The van der Waals surface area contributed by atoms with Gasteiger partial charge in [0.1, 0.15) is 5.82 Å². The molecule has 0 N–H and O–H groups in total. The van der Waals surface area contributed by atoms with Gasteiger partial charge in [-0.3, -0.25) is 10.1 Å². The predicted octanol–water partition coefficient (Wildman–Crippen LogP) is 3.09. The number of nitro groups is 1. The number of hydrogen-bond donors (Lipinski definition) is 0. The number of nitrogens with zero attached hydrogens (tertiary/aromatic N) is 5. The molecule has 0 aliphatic heterocycles. The molecule has 7 nitrogen and oxygen atoms in total. The van der Waals surface area contributed by atoms with Crippen molar-refractivity contribution in [1.29, 1.82) is 0 Å². The normalized spacial score (nSPS) is 10.7. The Morgan fingerprint density at radius 3 is 2.78 bits per heavy atom. The number of hydrogen-bond acceptors (Lipinski definition) is 5. The summed E-state index contributed by atoms with van der Waals surface area (Å²) in [5.41, 5.74) is 0.623. The van der Waals surface area contributed by atoms with E-state index in [1.54, 1.807) is 12.1 Å². The highest BCUT2D eigenvalue weighted by atomic mass is 35.5. The van der Waals surface area contributed by atoms with Crippen LogP contribution in [0.25, 0.3) is 11.4 Å². The Labute approximate surface area is 134 Å². The van der Waals surface area contributed by atoms with Gasteiger partial charge in [0.2, 0.25) is 5.82 Å². The first-order chi connectivity index (χ1) is 11.0. The first-order valence-corrected chi connectivity index (χ1v) is 6.88. The number of tetrazole rings is 1. The van der Waals surface area contributed by atoms with Gasteiger partial charge in [-0.15, -0.1) is 10.2 Å². The average Bonchev–Trinajstić information content (AvgIpc) is 3.00. The van der Waals surface area contributed by atoms with Crippen LogP contribution in [0.5, 0.6) is 0 Å². The van der Waals surface area contributed by atoms with Crippen LogP contribution in [0.2, 0.25) is 5.02 Å². The summed E-state index contributed by atoms with van der Waals surface area (Å²) in [4.78, 5) is 11.5. The van der Waals surface area contributed by atoms with Crippen LogP contribution in [-0.4, -0.2) is 25.1 Å². The fourth-order valence-corrected chi connectivity index (χ4v) is 2.23. The number of nitro benzene ring substituents is 1. The Morgan fingerprint density at radius 1 is 1.26 bits per heavy atom. The Morgan fingerprint density at radius 2 is 2.04 bits per heavy atom. The summed E-state index contributed by atoms with van der Waals surface area (Å²) >= 11 is 5.95. The van der Waals surface area contributed by atoms with E-state index in [1.165, 1.54) is 35.1 Å². The molecule has 1 heterocycles. The molecule has 9 heteroatoms. The van der Waals surface area contributed by atoms with Gasteiger partial charge < -0.3 is 0 Å². The van der Waals surface area contributed by atoms with Gasteiger partial charge in [-0.2, -0.15) is 4.80 Å². The molecule has 0 unspecified atom stereocenters. The van der Waals surface area contributed by atoms with Crippen molar-refractivity contribution in [3.8, 4) is 11.4 Å². The average molecular weight is 334 g/mol. The molecule has 3 aromatic rings. The number of non-ortho nitro benzene ring substituents is 1. The standard InChI is InChI=1S/C14H9ClFN5O2/c15-12-5-2-6-13(16)11(12)8-20-18-14(17-19-20)9-3-1-4-10(7-9)21(22)23/h1-7H,8H2. The Kier molecular flexibility index (Phi) is 3.98. The first-order valence-electron chi connectivity index (χ1n) is 6.50. The molecule has 2 aromatic carbocycles. The van der Waals surface area contributed by atoms with Crippen LogP contribution in [0, 0.1) is 15.9 Å². The predicted molar refractivity (Wildman–Crippen MR) is 80.4 cm³/mol. The minimum Gasteiger partial charge on any atom is -0.258 e. The lowest BCUT2D eigenvalue weighted by atomic mass is 10.2. The fourth-order valence-electron chi connectivity index (χ4n) is 2.01. The maximum atomic E-state index is 13.8. The van der Waals surface area contributed by atoms with Crippen LogP contribution in [0.3, 0.4) is 0 Å². The molecule has 0 bridgehead atoms. The van der Waals surface area contributed by atoms with E-state index in [-0.39, 0.29) is 28.6 Å². The minimum atomic E-state index is -0.507. The van der Waals surface area contributed by atoms with Crippen LogP contribution in [0.1, 0.15) is 5.56 Å². The van der Waals surface area contributed by atoms with Crippen LogP contribution in [0.4, 0.5) is 10.1 Å². The Bertz CT molecular complexity index is 863. The van der Waals surface area contributed by atoms with Gasteiger partial charge in [0, 0.05) is 28.3 Å². The fraction of sp³-hybridized carbons (Fsp3) is 0.0714. The van der Waals surface area contributed by atoms with Crippen molar-refractivity contribution in [1.82, 2.24) is 20.2 Å². The summed E-state index contributed by atoms with van der Waals surface area (Å²) in [6.07, 6.45) is 0. The van der Waals surface area contributed by atoms with Crippen molar-refractivity contribution in [3.05, 3.63) is 69.0 Å². The molecule has 0 saturated carbocycles. The molecular formula is C14H9ClFN5O2. The van der Waals surface area contributed by atoms with Crippen molar-refractivity contribution in [2.24, 2.45) is 0 Å². The summed E-state index contributed by atoms with van der Waals surface area (Å²) < 4.78 is 13.8. The summed E-state index contributed by atoms with van der Waals surface area (Å²) in [6, 6.07) is 10.2. The van der Waals surface area contributed by atoms with Gasteiger partial charge >= 0.3 is 0 Å². The van der Waals surface area contributed by atoms with Gasteiger partial charge in [0.25, 0.3) is 5.69 Å². The SMILES string of the molecule is O=[N+]([O-])c1cccc(-c2nnn(Cc3c(F)cccc3Cl)n2)c1. The summed E-state index contributed by atoms with van der Waals surface area (Å²) in [6.45, 7) is 0.00737. The summed E-state index contributed by atoms with van der Waals surface area (Å²) in [5.74, 6) is -0.257. The number of rotatable bonds is 4. The van der Waals surface area contributed by atoms with E-state index in [2.05, 4.69) is 15.4 Å². The highest BCUT2D eigenvalue weighted by molar-refractivity contribution is 6.31. The van der Waals surface area contributed by atoms with E-state index in [9.17, 15) is 14.5 Å². The van der Waals surface area contributed by atoms with Crippen molar-refractivity contribution in [2.45, 2.75) is 6.54 Å². The zero-order valence-corrected chi connectivity index (χ0v) is 12.3. The van der Waals surface area contributed by atoms with Gasteiger partial charge in [-0.25, -0.2) is 4.39 Å². The maximum Gasteiger partial charge on any atom is 0.270 e. The van der Waals surface area contributed by atoms with Crippen LogP contribution in [-0.2, 0) is 6.54 Å². The highest BCUT2D eigenvalue weighted by Gasteiger charge is 2.13. The Hall–Kier alpha value is -2.87. The molecule has 1 aromatic heterocycles. The summed E-state index contributed by atoms with van der Waals surface area (Å²) in [7, 11) is 0. The zero-order valence-electron chi connectivity index (χ0n) is 11.6. The molecule has 0 atom stereocenters. The third-order valence-corrected chi connectivity index (χ3v) is 3.48. The van der Waals surface area contributed by atoms with Gasteiger partial charge in [-0.05, 0) is 17.3 Å². The lowest BCUT2D eigenvalue weighted by Crippen LogP contribution is -2.06. The molecular weight excluding hydrogens is 325 g/mol. The molecule has 0 fully saturated rings.